The number of amides is 1. The zero-order valence-corrected chi connectivity index (χ0v) is 6.74. The molecular weight excluding hydrogens is 168 g/mol. The van der Waals surface area contributed by atoms with E-state index in [1.807, 2.05) is 6.07 Å². The van der Waals surface area contributed by atoms with Crippen molar-refractivity contribution in [2.75, 3.05) is 0 Å². The van der Waals surface area contributed by atoms with E-state index in [0.717, 1.165) is 11.3 Å². The quantitative estimate of drug-likeness (QED) is 0.622. The third-order valence-corrected chi connectivity index (χ3v) is 1.72. The number of imidazole rings is 1. The fourth-order valence-corrected chi connectivity index (χ4v) is 1.08. The van der Waals surface area contributed by atoms with Crippen molar-refractivity contribution in [2.45, 2.75) is 0 Å². The van der Waals surface area contributed by atoms with Gasteiger partial charge in [-0.3, -0.25) is 4.79 Å². The molecule has 0 radical (unpaired) electrons. The summed E-state index contributed by atoms with van der Waals surface area (Å²) in [5.74, 6) is -0.377. The number of aromatic nitrogens is 3. The number of aromatic amines is 2. The minimum atomic E-state index is -0.554. The molecule has 1 amide bonds. The summed E-state index contributed by atoms with van der Waals surface area (Å²) in [6, 6.07) is 1.87. The Hall–Kier alpha value is -2.04. The molecule has 0 spiro atoms. The van der Waals surface area contributed by atoms with Gasteiger partial charge in [0.25, 0.3) is 5.91 Å². The van der Waals surface area contributed by atoms with E-state index < -0.39 is 5.91 Å². The lowest BCUT2D eigenvalue weighted by molar-refractivity contribution is 0.0991. The first-order valence-corrected chi connectivity index (χ1v) is 3.75. The van der Waals surface area contributed by atoms with Crippen molar-refractivity contribution >= 4 is 5.91 Å². The van der Waals surface area contributed by atoms with E-state index in [0.29, 0.717) is 0 Å². The molecule has 13 heavy (non-hydrogen) atoms. The Balaban J connectivity index is 2.39. The van der Waals surface area contributed by atoms with Crippen molar-refractivity contribution in [1.82, 2.24) is 15.0 Å². The van der Waals surface area contributed by atoms with Crippen LogP contribution in [0, 0.1) is 0 Å². The first-order valence-electron chi connectivity index (χ1n) is 3.75. The van der Waals surface area contributed by atoms with E-state index in [1.54, 1.807) is 18.6 Å². The minimum Gasteiger partial charge on any atom is -0.367 e. The van der Waals surface area contributed by atoms with Gasteiger partial charge < -0.3 is 15.7 Å². The Morgan fingerprint density at radius 3 is 2.92 bits per heavy atom. The Kier molecular flexibility index (Phi) is 1.63. The zero-order valence-electron chi connectivity index (χ0n) is 6.74. The molecule has 0 aliphatic rings. The maximum Gasteiger partial charge on any atom is 0.284 e. The highest BCUT2D eigenvalue weighted by Crippen LogP contribution is 2.14. The van der Waals surface area contributed by atoms with E-state index in [-0.39, 0.29) is 5.82 Å². The molecule has 2 rings (SSSR count). The molecule has 0 atom stereocenters. The van der Waals surface area contributed by atoms with Crippen molar-refractivity contribution in [3.8, 4) is 11.3 Å². The van der Waals surface area contributed by atoms with Gasteiger partial charge in [0.1, 0.15) is 0 Å². The lowest BCUT2D eigenvalue weighted by atomic mass is 10.3. The summed E-state index contributed by atoms with van der Waals surface area (Å²) in [7, 11) is 0. The fraction of sp³-hybridized carbons (Fsp3) is 0. The summed E-state index contributed by atoms with van der Waals surface area (Å²) in [6.45, 7) is 0. The Morgan fingerprint density at radius 2 is 2.38 bits per heavy atom. The van der Waals surface area contributed by atoms with Gasteiger partial charge in [-0.05, 0) is 6.07 Å². The van der Waals surface area contributed by atoms with Crippen molar-refractivity contribution in [3.63, 3.8) is 0 Å². The number of hydrogen-bond acceptors (Lipinski definition) is 2. The van der Waals surface area contributed by atoms with Crippen LogP contribution in [0.25, 0.3) is 11.3 Å². The minimum absolute atomic E-state index is 0.177. The van der Waals surface area contributed by atoms with Crippen LogP contribution in [0.2, 0.25) is 0 Å². The molecule has 2 aromatic heterocycles. The molecule has 0 aliphatic carbocycles. The molecule has 0 unspecified atom stereocenters. The average molecular weight is 176 g/mol. The van der Waals surface area contributed by atoms with E-state index in [2.05, 4.69) is 15.0 Å². The predicted octanol–water partition coefficient (Wildman–Crippen LogP) is 0.504. The van der Waals surface area contributed by atoms with Gasteiger partial charge >= 0.3 is 0 Å². The molecule has 5 nitrogen and oxygen atoms in total. The van der Waals surface area contributed by atoms with Crippen LogP contribution in [0.1, 0.15) is 10.6 Å². The summed E-state index contributed by atoms with van der Waals surface area (Å²) < 4.78 is 0. The number of carbonyl (C=O) groups is 1. The standard InChI is InChI=1S/C8H8N4O/c9-7(13)8-11-4-6(12-8)5-1-2-10-3-5/h1-4,10H,(H2,9,13)(H,11,12). The molecule has 0 aliphatic heterocycles. The lowest BCUT2D eigenvalue weighted by Crippen LogP contribution is -2.12. The molecule has 0 bridgehead atoms. The Labute approximate surface area is 74.0 Å². The van der Waals surface area contributed by atoms with Gasteiger partial charge in [-0.25, -0.2) is 4.98 Å². The SMILES string of the molecule is NC(=O)c1ncc(-c2cc[nH]c2)[nH]1. The number of H-pyrrole nitrogens is 2. The number of rotatable bonds is 2. The second-order valence-electron chi connectivity index (χ2n) is 2.61. The largest absolute Gasteiger partial charge is 0.367 e. The Morgan fingerprint density at radius 1 is 1.54 bits per heavy atom. The number of nitrogens with zero attached hydrogens (tertiary/aromatic N) is 1. The number of carbonyl (C=O) groups excluding carboxylic acids is 1. The molecule has 0 saturated heterocycles. The molecule has 5 heteroatoms. The summed E-state index contributed by atoms with van der Waals surface area (Å²) >= 11 is 0. The summed E-state index contributed by atoms with van der Waals surface area (Å²) in [6.07, 6.45) is 5.17. The number of nitrogens with two attached hydrogens (primary N) is 1. The van der Waals surface area contributed by atoms with Gasteiger partial charge in [-0.2, -0.15) is 0 Å². The molecule has 0 fully saturated rings. The smallest absolute Gasteiger partial charge is 0.284 e. The Bertz CT molecular complexity index is 415. The summed E-state index contributed by atoms with van der Waals surface area (Å²) in [5.41, 5.74) is 6.76. The van der Waals surface area contributed by atoms with Crippen molar-refractivity contribution in [3.05, 3.63) is 30.5 Å². The first-order chi connectivity index (χ1) is 6.27. The molecular formula is C8H8N4O. The highest BCUT2D eigenvalue weighted by Gasteiger charge is 2.06. The normalized spacial score (nSPS) is 10.2. The molecule has 66 valence electrons. The summed E-state index contributed by atoms with van der Waals surface area (Å²) in [5, 5.41) is 0. The van der Waals surface area contributed by atoms with Crippen LogP contribution in [0.5, 0.6) is 0 Å². The van der Waals surface area contributed by atoms with E-state index in [9.17, 15) is 4.79 Å². The molecule has 2 heterocycles. The molecule has 4 N–H and O–H groups in total. The maximum absolute atomic E-state index is 10.7. The number of hydrogen-bond donors (Lipinski definition) is 3. The van der Waals surface area contributed by atoms with Crippen LogP contribution < -0.4 is 5.73 Å². The lowest BCUT2D eigenvalue weighted by Gasteiger charge is -1.88. The van der Waals surface area contributed by atoms with Gasteiger partial charge in [0, 0.05) is 18.0 Å². The molecule has 2 aromatic rings. The highest BCUT2D eigenvalue weighted by molar-refractivity contribution is 5.89. The van der Waals surface area contributed by atoms with Crippen LogP contribution in [-0.4, -0.2) is 20.9 Å². The number of primary amides is 1. The van der Waals surface area contributed by atoms with Gasteiger partial charge in [0.2, 0.25) is 0 Å². The maximum atomic E-state index is 10.7. The predicted molar refractivity (Wildman–Crippen MR) is 46.9 cm³/mol. The van der Waals surface area contributed by atoms with Crippen LogP contribution >= 0.6 is 0 Å². The van der Waals surface area contributed by atoms with Crippen LogP contribution in [0.4, 0.5) is 0 Å². The topological polar surface area (TPSA) is 87.6 Å². The van der Waals surface area contributed by atoms with E-state index in [4.69, 9.17) is 5.73 Å². The highest BCUT2D eigenvalue weighted by atomic mass is 16.1. The fourth-order valence-electron chi connectivity index (χ4n) is 1.08. The zero-order chi connectivity index (χ0) is 9.26. The summed E-state index contributed by atoms with van der Waals surface area (Å²) in [4.78, 5) is 20.2. The first kappa shape index (κ1) is 7.60. The van der Waals surface area contributed by atoms with Crippen LogP contribution in [0.15, 0.2) is 24.7 Å². The average Bonchev–Trinajstić information content (AvgIpc) is 2.75. The van der Waals surface area contributed by atoms with Gasteiger partial charge in [-0.15, -0.1) is 0 Å². The van der Waals surface area contributed by atoms with Crippen molar-refractivity contribution < 1.29 is 4.79 Å². The number of nitrogens with one attached hydrogen (secondary N) is 2. The molecule has 0 aromatic carbocycles. The van der Waals surface area contributed by atoms with Gasteiger partial charge in [0.05, 0.1) is 11.9 Å². The van der Waals surface area contributed by atoms with Crippen LogP contribution in [-0.2, 0) is 0 Å². The van der Waals surface area contributed by atoms with E-state index >= 15 is 0 Å². The van der Waals surface area contributed by atoms with E-state index in [1.165, 1.54) is 0 Å². The van der Waals surface area contributed by atoms with Gasteiger partial charge in [-0.1, -0.05) is 0 Å². The molecule has 0 saturated carbocycles. The van der Waals surface area contributed by atoms with Crippen molar-refractivity contribution in [1.29, 1.82) is 0 Å². The third-order valence-electron chi connectivity index (χ3n) is 1.72. The second kappa shape index (κ2) is 2.78. The third kappa shape index (κ3) is 1.31. The second-order valence-corrected chi connectivity index (χ2v) is 2.61. The van der Waals surface area contributed by atoms with Gasteiger partial charge in [0.15, 0.2) is 5.82 Å². The monoisotopic (exact) mass is 176 g/mol. The van der Waals surface area contributed by atoms with Crippen molar-refractivity contribution in [2.24, 2.45) is 5.73 Å². The van der Waals surface area contributed by atoms with Crippen LogP contribution in [0.3, 0.4) is 0 Å².